The number of halogens is 1. The molecular formula is C34H29FN10. The van der Waals surface area contributed by atoms with Gasteiger partial charge in [-0.1, -0.05) is 24.3 Å². The van der Waals surface area contributed by atoms with E-state index >= 15 is 0 Å². The van der Waals surface area contributed by atoms with Crippen molar-refractivity contribution in [2.24, 2.45) is 0 Å². The van der Waals surface area contributed by atoms with E-state index < -0.39 is 0 Å². The molecule has 1 saturated heterocycles. The topological polar surface area (TPSA) is 134 Å². The number of aromatic nitrogens is 6. The average Bonchev–Trinajstić information content (AvgIpc) is 3.45. The molecule has 0 spiro atoms. The Labute approximate surface area is 259 Å². The van der Waals surface area contributed by atoms with Gasteiger partial charge in [-0.05, 0) is 73.0 Å². The SMILES string of the molecule is N#Cc1nccc(NC2CCN(Cc3ccc(-n4c(-c5cccnc5N)nc5ccc(-c6cccc(F)c6)nc54)cc3)CC2)n1. The van der Waals surface area contributed by atoms with Gasteiger partial charge in [0.05, 0.1) is 11.3 Å². The normalized spacial score (nSPS) is 14.0. The minimum Gasteiger partial charge on any atom is -0.383 e. The van der Waals surface area contributed by atoms with E-state index in [2.05, 4.69) is 49.4 Å². The third kappa shape index (κ3) is 5.91. The molecule has 1 fully saturated rings. The molecule has 0 aliphatic carbocycles. The number of imidazole rings is 1. The van der Waals surface area contributed by atoms with Gasteiger partial charge in [-0.3, -0.25) is 9.47 Å². The van der Waals surface area contributed by atoms with E-state index in [0.717, 1.165) is 38.2 Å². The Morgan fingerprint density at radius 3 is 2.53 bits per heavy atom. The first-order valence-electron chi connectivity index (χ1n) is 14.7. The Bertz CT molecular complexity index is 2020. The van der Waals surface area contributed by atoms with Crippen LogP contribution >= 0.6 is 0 Å². The number of rotatable bonds is 7. The molecule has 1 aliphatic heterocycles. The summed E-state index contributed by atoms with van der Waals surface area (Å²) in [7, 11) is 0. The van der Waals surface area contributed by atoms with Crippen LogP contribution in [0.3, 0.4) is 0 Å². The van der Waals surface area contributed by atoms with Crippen molar-refractivity contribution < 1.29 is 4.39 Å². The molecule has 222 valence electrons. The van der Waals surface area contributed by atoms with Crippen LogP contribution in [0.15, 0.2) is 91.3 Å². The lowest BCUT2D eigenvalue weighted by molar-refractivity contribution is 0.211. The maximum absolute atomic E-state index is 14.0. The van der Waals surface area contributed by atoms with Crippen molar-refractivity contribution in [2.45, 2.75) is 25.4 Å². The van der Waals surface area contributed by atoms with Crippen LogP contribution < -0.4 is 11.1 Å². The van der Waals surface area contributed by atoms with Crippen LogP contribution in [-0.4, -0.2) is 53.5 Å². The molecule has 0 amide bonds. The summed E-state index contributed by atoms with van der Waals surface area (Å²) in [6, 6.07) is 26.4. The Kier molecular flexibility index (Phi) is 7.55. The number of piperidine rings is 1. The lowest BCUT2D eigenvalue weighted by Crippen LogP contribution is -2.38. The number of nitrogen functional groups attached to an aromatic ring is 1. The van der Waals surface area contributed by atoms with Crippen LogP contribution in [0.5, 0.6) is 0 Å². The van der Waals surface area contributed by atoms with Crippen molar-refractivity contribution in [3.8, 4) is 34.4 Å². The molecule has 11 heteroatoms. The fraction of sp³-hybridized carbons (Fsp3) is 0.176. The largest absolute Gasteiger partial charge is 0.383 e. The zero-order valence-corrected chi connectivity index (χ0v) is 24.3. The predicted molar refractivity (Wildman–Crippen MR) is 171 cm³/mol. The average molecular weight is 597 g/mol. The molecule has 0 radical (unpaired) electrons. The third-order valence-electron chi connectivity index (χ3n) is 8.00. The van der Waals surface area contributed by atoms with Crippen molar-refractivity contribution in [1.29, 1.82) is 5.26 Å². The van der Waals surface area contributed by atoms with Gasteiger partial charge in [-0.2, -0.15) is 5.26 Å². The molecule has 3 N–H and O–H groups in total. The summed E-state index contributed by atoms with van der Waals surface area (Å²) >= 11 is 0. The van der Waals surface area contributed by atoms with E-state index in [-0.39, 0.29) is 11.6 Å². The number of benzene rings is 2. The maximum atomic E-state index is 14.0. The van der Waals surface area contributed by atoms with Gasteiger partial charge in [0.15, 0.2) is 11.5 Å². The number of fused-ring (bicyclic) bond motifs is 1. The van der Waals surface area contributed by atoms with Gasteiger partial charge >= 0.3 is 0 Å². The highest BCUT2D eigenvalue weighted by atomic mass is 19.1. The van der Waals surface area contributed by atoms with E-state index in [1.54, 1.807) is 24.5 Å². The lowest BCUT2D eigenvalue weighted by Gasteiger charge is -2.32. The Hall–Kier alpha value is -5.73. The first-order valence-corrected chi connectivity index (χ1v) is 14.7. The number of anilines is 2. The number of nitrogens with one attached hydrogen (secondary N) is 1. The fourth-order valence-electron chi connectivity index (χ4n) is 5.74. The summed E-state index contributed by atoms with van der Waals surface area (Å²) in [5.41, 5.74) is 11.7. The number of nitrogens with zero attached hydrogens (tertiary/aromatic N) is 8. The highest BCUT2D eigenvalue weighted by Gasteiger charge is 2.21. The van der Waals surface area contributed by atoms with Crippen LogP contribution in [0.25, 0.3) is 39.5 Å². The smallest absolute Gasteiger partial charge is 0.234 e. The first kappa shape index (κ1) is 28.1. The minimum absolute atomic E-state index is 0.170. The molecule has 5 heterocycles. The molecule has 10 nitrogen and oxygen atoms in total. The summed E-state index contributed by atoms with van der Waals surface area (Å²) in [6.45, 7) is 2.71. The molecule has 0 bridgehead atoms. The number of nitrogens with two attached hydrogens (primary N) is 1. The summed E-state index contributed by atoms with van der Waals surface area (Å²) in [4.78, 5) is 24.7. The molecule has 0 unspecified atom stereocenters. The third-order valence-corrected chi connectivity index (χ3v) is 8.00. The van der Waals surface area contributed by atoms with Crippen LogP contribution in [0, 0.1) is 17.1 Å². The minimum atomic E-state index is -0.317. The number of likely N-dealkylation sites (tertiary alicyclic amines) is 1. The molecule has 0 atom stereocenters. The quantitative estimate of drug-likeness (QED) is 0.241. The summed E-state index contributed by atoms with van der Waals surface area (Å²) in [6.07, 6.45) is 5.20. The molecule has 1 aliphatic rings. The molecule has 6 aromatic rings. The zero-order valence-electron chi connectivity index (χ0n) is 24.3. The van der Waals surface area contributed by atoms with Crippen LogP contribution in [0.2, 0.25) is 0 Å². The van der Waals surface area contributed by atoms with E-state index in [1.165, 1.54) is 17.7 Å². The van der Waals surface area contributed by atoms with Crippen molar-refractivity contribution in [1.82, 2.24) is 34.4 Å². The van der Waals surface area contributed by atoms with Crippen LogP contribution in [0.4, 0.5) is 16.0 Å². The molecule has 7 rings (SSSR count). The second-order valence-electron chi connectivity index (χ2n) is 11.0. The Morgan fingerprint density at radius 1 is 0.911 bits per heavy atom. The second kappa shape index (κ2) is 12.1. The van der Waals surface area contributed by atoms with Gasteiger partial charge < -0.3 is 11.1 Å². The van der Waals surface area contributed by atoms with Crippen LogP contribution in [0.1, 0.15) is 24.2 Å². The summed E-state index contributed by atoms with van der Waals surface area (Å²) in [5.74, 6) is 1.55. The highest BCUT2D eigenvalue weighted by Crippen LogP contribution is 2.32. The standard InChI is InChI=1S/C34H29FN10/c35-24-4-1-3-23(19-24)28-10-11-29-34(41-28)45(33(42-29)27-5-2-15-39-32(27)37)26-8-6-22(7-9-26)21-44-17-13-25(14-18-44)40-30-12-16-38-31(20-36)43-30/h1-12,15-16,19,25H,13-14,17-18,21H2,(H2,37,39)(H,38,40,43). The molecule has 45 heavy (non-hydrogen) atoms. The second-order valence-corrected chi connectivity index (χ2v) is 11.0. The summed E-state index contributed by atoms with van der Waals surface area (Å²) in [5, 5.41) is 12.5. The fourth-order valence-corrected chi connectivity index (χ4v) is 5.74. The highest BCUT2D eigenvalue weighted by molar-refractivity contribution is 5.84. The Balaban J connectivity index is 1.13. The van der Waals surface area contributed by atoms with E-state index in [0.29, 0.717) is 51.5 Å². The molecule has 2 aromatic carbocycles. The van der Waals surface area contributed by atoms with Gasteiger partial charge in [-0.15, -0.1) is 0 Å². The zero-order chi connectivity index (χ0) is 30.8. The summed E-state index contributed by atoms with van der Waals surface area (Å²) < 4.78 is 16.0. The number of nitriles is 1. The van der Waals surface area contributed by atoms with Crippen molar-refractivity contribution in [2.75, 3.05) is 24.1 Å². The van der Waals surface area contributed by atoms with Crippen molar-refractivity contribution in [3.05, 3.63) is 108 Å². The first-order chi connectivity index (χ1) is 22.0. The van der Waals surface area contributed by atoms with Gasteiger partial charge in [-0.25, -0.2) is 29.3 Å². The Morgan fingerprint density at radius 2 is 1.76 bits per heavy atom. The van der Waals surface area contributed by atoms with E-state index in [1.807, 2.05) is 41.0 Å². The molecule has 4 aromatic heterocycles. The van der Waals surface area contributed by atoms with Crippen LogP contribution in [-0.2, 0) is 6.54 Å². The van der Waals surface area contributed by atoms with Crippen molar-refractivity contribution >= 4 is 22.8 Å². The lowest BCUT2D eigenvalue weighted by atomic mass is 10.0. The predicted octanol–water partition coefficient (Wildman–Crippen LogP) is 5.61. The maximum Gasteiger partial charge on any atom is 0.234 e. The van der Waals surface area contributed by atoms with Gasteiger partial charge in [0.2, 0.25) is 5.82 Å². The van der Waals surface area contributed by atoms with E-state index in [9.17, 15) is 4.39 Å². The number of pyridine rings is 2. The number of hydrogen-bond acceptors (Lipinski definition) is 9. The van der Waals surface area contributed by atoms with E-state index in [4.69, 9.17) is 21.0 Å². The van der Waals surface area contributed by atoms with Gasteiger partial charge in [0.1, 0.15) is 29.0 Å². The van der Waals surface area contributed by atoms with Gasteiger partial charge in [0.25, 0.3) is 0 Å². The molecular weight excluding hydrogens is 567 g/mol. The monoisotopic (exact) mass is 596 g/mol. The van der Waals surface area contributed by atoms with Gasteiger partial charge in [0, 0.05) is 49.3 Å². The molecule has 0 saturated carbocycles. The number of hydrogen-bond donors (Lipinski definition) is 2. The van der Waals surface area contributed by atoms with Crippen molar-refractivity contribution in [3.63, 3.8) is 0 Å².